The van der Waals surface area contributed by atoms with E-state index < -0.39 is 10.0 Å². The highest BCUT2D eigenvalue weighted by atomic mass is 32.2. The van der Waals surface area contributed by atoms with Crippen molar-refractivity contribution in [2.24, 2.45) is 11.3 Å². The molecule has 1 N–H and O–H groups in total. The molecule has 4 nitrogen and oxygen atoms in total. The first kappa shape index (κ1) is 13.8. The molecule has 5 heteroatoms. The van der Waals surface area contributed by atoms with E-state index in [0.29, 0.717) is 11.7 Å². The van der Waals surface area contributed by atoms with Crippen molar-refractivity contribution in [2.45, 2.75) is 44.9 Å². The summed E-state index contributed by atoms with van der Waals surface area (Å²) in [6.45, 7) is 3.64. The second-order valence-corrected chi connectivity index (χ2v) is 8.78. The molecule has 2 saturated heterocycles. The van der Waals surface area contributed by atoms with Crippen molar-refractivity contribution in [1.82, 2.24) is 9.62 Å². The lowest BCUT2D eigenvalue weighted by Gasteiger charge is -2.33. The third-order valence-corrected chi connectivity index (χ3v) is 7.37. The lowest BCUT2D eigenvalue weighted by Crippen LogP contribution is -2.40. The molecule has 0 aromatic carbocycles. The van der Waals surface area contributed by atoms with Crippen LogP contribution in [0.15, 0.2) is 0 Å². The van der Waals surface area contributed by atoms with Gasteiger partial charge in [-0.2, -0.15) is 0 Å². The molecule has 0 unspecified atom stereocenters. The standard InChI is InChI=1S/C14H26N2O2S/c17-19(18,11-13-3-1-2-4-13)16-10-7-14(12-16)5-8-15-9-6-14/h13,15H,1-12H2. The Labute approximate surface area is 117 Å². The van der Waals surface area contributed by atoms with Gasteiger partial charge in [-0.05, 0) is 56.5 Å². The van der Waals surface area contributed by atoms with Gasteiger partial charge in [0.15, 0.2) is 0 Å². The third kappa shape index (κ3) is 2.98. The van der Waals surface area contributed by atoms with Crippen molar-refractivity contribution in [2.75, 3.05) is 31.9 Å². The first-order valence-corrected chi connectivity index (χ1v) is 9.39. The maximum Gasteiger partial charge on any atom is 0.214 e. The maximum atomic E-state index is 12.5. The van der Waals surface area contributed by atoms with Gasteiger partial charge in [0, 0.05) is 13.1 Å². The first-order valence-electron chi connectivity index (χ1n) is 7.78. The molecule has 110 valence electrons. The Bertz CT molecular complexity index is 409. The Kier molecular flexibility index (Phi) is 3.89. The van der Waals surface area contributed by atoms with E-state index in [1.54, 1.807) is 4.31 Å². The fourth-order valence-electron chi connectivity index (χ4n) is 4.08. The smallest absolute Gasteiger partial charge is 0.214 e. The minimum Gasteiger partial charge on any atom is -0.317 e. The predicted molar refractivity (Wildman–Crippen MR) is 76.5 cm³/mol. The summed E-state index contributed by atoms with van der Waals surface area (Å²) < 4.78 is 26.9. The van der Waals surface area contributed by atoms with Crippen LogP contribution < -0.4 is 5.32 Å². The van der Waals surface area contributed by atoms with Gasteiger partial charge in [-0.1, -0.05) is 12.8 Å². The van der Waals surface area contributed by atoms with Gasteiger partial charge in [0.1, 0.15) is 0 Å². The van der Waals surface area contributed by atoms with Gasteiger partial charge in [0.05, 0.1) is 5.75 Å². The van der Waals surface area contributed by atoms with Crippen LogP contribution in [-0.4, -0.2) is 44.7 Å². The van der Waals surface area contributed by atoms with Gasteiger partial charge in [-0.3, -0.25) is 0 Å². The van der Waals surface area contributed by atoms with Crippen LogP contribution in [0.1, 0.15) is 44.9 Å². The van der Waals surface area contributed by atoms with Gasteiger partial charge in [-0.15, -0.1) is 0 Å². The minimum atomic E-state index is -3.01. The molecule has 0 bridgehead atoms. The summed E-state index contributed by atoms with van der Waals surface area (Å²) >= 11 is 0. The van der Waals surface area contributed by atoms with E-state index in [4.69, 9.17) is 0 Å². The molecule has 19 heavy (non-hydrogen) atoms. The topological polar surface area (TPSA) is 49.4 Å². The molecule has 1 aliphatic carbocycles. The zero-order valence-electron chi connectivity index (χ0n) is 11.7. The number of hydrogen-bond donors (Lipinski definition) is 1. The fourth-order valence-corrected chi connectivity index (χ4v) is 6.06. The maximum absolute atomic E-state index is 12.5. The Morgan fingerprint density at radius 3 is 2.47 bits per heavy atom. The van der Waals surface area contributed by atoms with E-state index in [9.17, 15) is 8.42 Å². The average Bonchev–Trinajstić information content (AvgIpc) is 3.01. The summed E-state index contributed by atoms with van der Waals surface area (Å²) in [5.41, 5.74) is 0.286. The number of piperidine rings is 1. The average molecular weight is 286 g/mol. The van der Waals surface area contributed by atoms with Crippen molar-refractivity contribution in [3.63, 3.8) is 0 Å². The van der Waals surface area contributed by atoms with E-state index in [1.165, 1.54) is 12.8 Å². The van der Waals surface area contributed by atoms with Crippen molar-refractivity contribution in [3.8, 4) is 0 Å². The number of nitrogens with one attached hydrogen (secondary N) is 1. The van der Waals surface area contributed by atoms with Crippen LogP contribution in [0.25, 0.3) is 0 Å². The second kappa shape index (κ2) is 5.34. The molecule has 2 heterocycles. The van der Waals surface area contributed by atoms with Crippen LogP contribution in [0.5, 0.6) is 0 Å². The summed E-state index contributed by atoms with van der Waals surface area (Å²) in [5.74, 6) is 0.830. The molecule has 0 amide bonds. The van der Waals surface area contributed by atoms with E-state index in [0.717, 1.165) is 58.3 Å². The SMILES string of the molecule is O=S(=O)(CC1CCCC1)N1CCC2(CCNCC2)C1. The Hall–Kier alpha value is -0.130. The summed E-state index contributed by atoms with van der Waals surface area (Å²) in [6.07, 6.45) is 8.01. The predicted octanol–water partition coefficient (Wildman–Crippen LogP) is 1.58. The highest BCUT2D eigenvalue weighted by molar-refractivity contribution is 7.89. The van der Waals surface area contributed by atoms with Crippen molar-refractivity contribution >= 4 is 10.0 Å². The molecule has 0 aromatic heterocycles. The van der Waals surface area contributed by atoms with E-state index in [2.05, 4.69) is 5.32 Å². The molecule has 0 atom stereocenters. The molecule has 3 fully saturated rings. The zero-order valence-corrected chi connectivity index (χ0v) is 12.6. The van der Waals surface area contributed by atoms with Crippen LogP contribution in [0.2, 0.25) is 0 Å². The fraction of sp³-hybridized carbons (Fsp3) is 1.00. The Morgan fingerprint density at radius 1 is 1.11 bits per heavy atom. The largest absolute Gasteiger partial charge is 0.317 e. The Morgan fingerprint density at radius 2 is 1.79 bits per heavy atom. The second-order valence-electron chi connectivity index (χ2n) is 6.76. The molecule has 0 radical (unpaired) electrons. The van der Waals surface area contributed by atoms with Crippen LogP contribution in [0, 0.1) is 11.3 Å². The number of hydrogen-bond acceptors (Lipinski definition) is 3. The molecule has 1 spiro atoms. The lowest BCUT2D eigenvalue weighted by molar-refractivity contribution is 0.218. The van der Waals surface area contributed by atoms with E-state index >= 15 is 0 Å². The Balaban J connectivity index is 1.62. The quantitative estimate of drug-likeness (QED) is 0.857. The van der Waals surface area contributed by atoms with E-state index in [-0.39, 0.29) is 5.41 Å². The number of sulfonamides is 1. The highest BCUT2D eigenvalue weighted by Gasteiger charge is 2.43. The van der Waals surface area contributed by atoms with Crippen LogP contribution in [0.4, 0.5) is 0 Å². The minimum absolute atomic E-state index is 0.286. The highest BCUT2D eigenvalue weighted by Crippen LogP contribution is 2.40. The monoisotopic (exact) mass is 286 g/mol. The summed E-state index contributed by atoms with van der Waals surface area (Å²) in [4.78, 5) is 0. The summed E-state index contributed by atoms with van der Waals surface area (Å²) in [7, 11) is -3.01. The van der Waals surface area contributed by atoms with Gasteiger partial charge in [-0.25, -0.2) is 12.7 Å². The molecular formula is C14H26N2O2S. The molecule has 1 saturated carbocycles. The third-order valence-electron chi connectivity index (χ3n) is 5.38. The van der Waals surface area contributed by atoms with Gasteiger partial charge in [0.25, 0.3) is 0 Å². The molecule has 0 aromatic rings. The van der Waals surface area contributed by atoms with Crippen LogP contribution >= 0.6 is 0 Å². The molecule has 2 aliphatic heterocycles. The normalized spacial score (nSPS) is 29.3. The molecular weight excluding hydrogens is 260 g/mol. The van der Waals surface area contributed by atoms with E-state index in [1.807, 2.05) is 0 Å². The zero-order chi connectivity index (χ0) is 13.3. The van der Waals surface area contributed by atoms with Gasteiger partial charge >= 0.3 is 0 Å². The lowest BCUT2D eigenvalue weighted by atomic mass is 9.78. The molecule has 3 rings (SSSR count). The summed E-state index contributed by atoms with van der Waals surface area (Å²) in [5, 5.41) is 3.38. The van der Waals surface area contributed by atoms with Gasteiger partial charge < -0.3 is 5.32 Å². The number of rotatable bonds is 3. The summed E-state index contributed by atoms with van der Waals surface area (Å²) in [6, 6.07) is 0. The first-order chi connectivity index (χ1) is 9.10. The number of nitrogens with zero attached hydrogens (tertiary/aromatic N) is 1. The van der Waals surface area contributed by atoms with Crippen LogP contribution in [-0.2, 0) is 10.0 Å². The van der Waals surface area contributed by atoms with Crippen molar-refractivity contribution in [3.05, 3.63) is 0 Å². The van der Waals surface area contributed by atoms with Crippen molar-refractivity contribution in [1.29, 1.82) is 0 Å². The van der Waals surface area contributed by atoms with Crippen molar-refractivity contribution < 1.29 is 8.42 Å². The van der Waals surface area contributed by atoms with Crippen LogP contribution in [0.3, 0.4) is 0 Å². The van der Waals surface area contributed by atoms with Gasteiger partial charge in [0.2, 0.25) is 10.0 Å². The molecule has 3 aliphatic rings.